The number of amides is 1. The Labute approximate surface area is 179 Å². The van der Waals surface area contributed by atoms with Crippen molar-refractivity contribution in [2.24, 2.45) is 17.3 Å². The van der Waals surface area contributed by atoms with Crippen LogP contribution >= 0.6 is 0 Å². The summed E-state index contributed by atoms with van der Waals surface area (Å²) in [6.07, 6.45) is 16.9. The van der Waals surface area contributed by atoms with Gasteiger partial charge in [-0.1, -0.05) is 85.8 Å². The molecule has 0 saturated heterocycles. The van der Waals surface area contributed by atoms with Crippen molar-refractivity contribution in [1.82, 2.24) is 5.32 Å². The smallest absolute Gasteiger partial charge is 0.326 e. The summed E-state index contributed by atoms with van der Waals surface area (Å²) in [5, 5.41) is 12.2. The molecule has 0 aliphatic heterocycles. The molecule has 0 rings (SSSR count). The summed E-state index contributed by atoms with van der Waals surface area (Å²) in [7, 11) is 0. The minimum absolute atomic E-state index is 0.117. The molecule has 3 unspecified atom stereocenters. The fourth-order valence-electron chi connectivity index (χ4n) is 3.88. The highest BCUT2D eigenvalue weighted by Gasteiger charge is 2.36. The zero-order valence-electron chi connectivity index (χ0n) is 19.9. The highest BCUT2D eigenvalue weighted by atomic mass is 16.4. The lowest BCUT2D eigenvalue weighted by atomic mass is 9.75. The Balaban J connectivity index is 4.78. The molecule has 0 aromatic heterocycles. The van der Waals surface area contributed by atoms with Gasteiger partial charge in [-0.05, 0) is 50.4 Å². The molecule has 0 saturated carbocycles. The van der Waals surface area contributed by atoms with Crippen molar-refractivity contribution in [3.8, 4) is 0 Å². The summed E-state index contributed by atoms with van der Waals surface area (Å²) in [6, 6.07) is -0.825. The van der Waals surface area contributed by atoms with Crippen LogP contribution in [0.4, 0.5) is 0 Å². The molecule has 29 heavy (non-hydrogen) atoms. The lowest BCUT2D eigenvalue weighted by Crippen LogP contribution is -2.50. The third-order valence-electron chi connectivity index (χ3n) is 6.12. The van der Waals surface area contributed by atoms with Crippen molar-refractivity contribution >= 4 is 11.9 Å². The number of nitrogens with one attached hydrogen (secondary N) is 1. The van der Waals surface area contributed by atoms with Crippen LogP contribution in [-0.4, -0.2) is 23.0 Å². The van der Waals surface area contributed by atoms with Crippen LogP contribution in [-0.2, 0) is 9.59 Å². The second-order valence-electron chi connectivity index (χ2n) is 9.20. The SMILES string of the molecule is CCCCCC/C=C\CCC(CCC)CC(C)(CC)C(=O)NC(C(=O)O)C(C)C. The number of carbonyl (C=O) groups excluding carboxylic acids is 1. The van der Waals surface area contributed by atoms with Gasteiger partial charge in [0, 0.05) is 5.41 Å². The lowest BCUT2D eigenvalue weighted by Gasteiger charge is -2.33. The van der Waals surface area contributed by atoms with E-state index < -0.39 is 17.4 Å². The average Bonchev–Trinajstić information content (AvgIpc) is 2.67. The summed E-state index contributed by atoms with van der Waals surface area (Å²) in [5.41, 5.74) is -0.522. The number of carboxylic acid groups (broad SMARTS) is 1. The highest BCUT2D eigenvalue weighted by Crippen LogP contribution is 2.34. The Morgan fingerprint density at radius 2 is 1.62 bits per heavy atom. The Bertz CT molecular complexity index is 486. The largest absolute Gasteiger partial charge is 0.480 e. The molecule has 0 bridgehead atoms. The predicted octanol–water partition coefficient (Wildman–Crippen LogP) is 6.74. The van der Waals surface area contributed by atoms with E-state index >= 15 is 0 Å². The first-order chi connectivity index (χ1) is 13.7. The Morgan fingerprint density at radius 1 is 0.966 bits per heavy atom. The summed E-state index contributed by atoms with van der Waals surface area (Å²) in [5.74, 6) is -0.719. The lowest BCUT2D eigenvalue weighted by molar-refractivity contribution is -0.145. The number of rotatable bonds is 17. The number of hydrogen-bond acceptors (Lipinski definition) is 2. The molecular formula is C25H47NO3. The molecule has 4 nitrogen and oxygen atoms in total. The number of carboxylic acids is 1. The van der Waals surface area contributed by atoms with Gasteiger partial charge in [0.15, 0.2) is 0 Å². The van der Waals surface area contributed by atoms with E-state index in [0.717, 1.165) is 38.5 Å². The fraction of sp³-hybridized carbons (Fsp3) is 0.840. The fourth-order valence-corrected chi connectivity index (χ4v) is 3.88. The van der Waals surface area contributed by atoms with Crippen LogP contribution in [0.15, 0.2) is 12.2 Å². The first-order valence-corrected chi connectivity index (χ1v) is 11.9. The average molecular weight is 410 g/mol. The third kappa shape index (κ3) is 11.4. The van der Waals surface area contributed by atoms with Gasteiger partial charge in [-0.25, -0.2) is 4.79 Å². The van der Waals surface area contributed by atoms with Gasteiger partial charge in [0.05, 0.1) is 0 Å². The molecule has 1 amide bonds. The molecule has 4 heteroatoms. The first-order valence-electron chi connectivity index (χ1n) is 11.9. The van der Waals surface area contributed by atoms with E-state index in [1.807, 2.05) is 27.7 Å². The molecular weight excluding hydrogens is 362 g/mol. The van der Waals surface area contributed by atoms with Crippen LogP contribution in [0, 0.1) is 17.3 Å². The van der Waals surface area contributed by atoms with Crippen molar-refractivity contribution in [3.05, 3.63) is 12.2 Å². The van der Waals surface area contributed by atoms with Crippen molar-refractivity contribution in [2.45, 2.75) is 118 Å². The van der Waals surface area contributed by atoms with Crippen molar-refractivity contribution in [3.63, 3.8) is 0 Å². The maximum atomic E-state index is 13.0. The Kier molecular flexibility index (Phi) is 14.8. The highest BCUT2D eigenvalue weighted by molar-refractivity contribution is 5.87. The Morgan fingerprint density at radius 3 is 2.14 bits per heavy atom. The molecule has 2 N–H and O–H groups in total. The van der Waals surface area contributed by atoms with Gasteiger partial charge < -0.3 is 10.4 Å². The standard InChI is InChI=1S/C25H47NO3/c1-7-10-11-12-13-14-15-16-18-21(17-8-2)19-25(6,9-3)24(29)26-22(20(4)5)23(27)28/h14-15,20-22H,7-13,16-19H2,1-6H3,(H,26,29)(H,27,28)/b15-14-. The molecule has 0 aromatic carbocycles. The van der Waals surface area contributed by atoms with Gasteiger partial charge in [-0.15, -0.1) is 0 Å². The van der Waals surface area contributed by atoms with E-state index in [9.17, 15) is 14.7 Å². The first kappa shape index (κ1) is 27.7. The topological polar surface area (TPSA) is 66.4 Å². The quantitative estimate of drug-likeness (QED) is 0.206. The minimum atomic E-state index is -0.957. The second-order valence-corrected chi connectivity index (χ2v) is 9.20. The van der Waals surface area contributed by atoms with Crippen molar-refractivity contribution < 1.29 is 14.7 Å². The summed E-state index contributed by atoms with van der Waals surface area (Å²) in [4.78, 5) is 24.4. The maximum Gasteiger partial charge on any atom is 0.326 e. The number of unbranched alkanes of at least 4 members (excludes halogenated alkanes) is 4. The zero-order chi connectivity index (χ0) is 22.3. The molecule has 0 aliphatic rings. The summed E-state index contributed by atoms with van der Waals surface area (Å²) < 4.78 is 0. The number of carbonyl (C=O) groups is 2. The van der Waals surface area contributed by atoms with Gasteiger partial charge in [0.25, 0.3) is 0 Å². The molecule has 0 heterocycles. The third-order valence-corrected chi connectivity index (χ3v) is 6.12. The minimum Gasteiger partial charge on any atom is -0.480 e. The van der Waals surface area contributed by atoms with E-state index in [1.54, 1.807) is 0 Å². The number of hydrogen-bond donors (Lipinski definition) is 2. The van der Waals surface area contributed by atoms with Crippen LogP contribution in [0.25, 0.3) is 0 Å². The normalized spacial score (nSPS) is 16.0. The number of aliphatic carboxylic acids is 1. The maximum absolute atomic E-state index is 13.0. The second kappa shape index (κ2) is 15.5. The summed E-state index contributed by atoms with van der Waals surface area (Å²) >= 11 is 0. The van der Waals surface area contributed by atoms with E-state index in [4.69, 9.17) is 0 Å². The van der Waals surface area contributed by atoms with E-state index in [1.165, 1.54) is 32.1 Å². The van der Waals surface area contributed by atoms with Crippen LogP contribution < -0.4 is 5.32 Å². The molecule has 170 valence electrons. The molecule has 0 spiro atoms. The van der Waals surface area contributed by atoms with Crippen molar-refractivity contribution in [1.29, 1.82) is 0 Å². The molecule has 0 fully saturated rings. The van der Waals surface area contributed by atoms with Crippen LogP contribution in [0.3, 0.4) is 0 Å². The van der Waals surface area contributed by atoms with Crippen LogP contribution in [0.5, 0.6) is 0 Å². The van der Waals surface area contributed by atoms with Gasteiger partial charge in [0.2, 0.25) is 5.91 Å². The van der Waals surface area contributed by atoms with Crippen LogP contribution in [0.1, 0.15) is 112 Å². The molecule has 0 aliphatic carbocycles. The molecule has 3 atom stereocenters. The molecule has 0 radical (unpaired) electrons. The summed E-state index contributed by atoms with van der Waals surface area (Å²) in [6.45, 7) is 12.1. The van der Waals surface area contributed by atoms with E-state index in [-0.39, 0.29) is 11.8 Å². The van der Waals surface area contributed by atoms with Gasteiger partial charge >= 0.3 is 5.97 Å². The Hall–Kier alpha value is -1.32. The zero-order valence-corrected chi connectivity index (χ0v) is 19.9. The monoisotopic (exact) mass is 409 g/mol. The van der Waals surface area contributed by atoms with Crippen molar-refractivity contribution in [2.75, 3.05) is 0 Å². The van der Waals surface area contributed by atoms with Gasteiger partial charge in [-0.2, -0.15) is 0 Å². The van der Waals surface area contributed by atoms with Gasteiger partial charge in [0.1, 0.15) is 6.04 Å². The van der Waals surface area contributed by atoms with E-state index in [2.05, 4.69) is 31.3 Å². The molecule has 0 aromatic rings. The van der Waals surface area contributed by atoms with Gasteiger partial charge in [-0.3, -0.25) is 4.79 Å². The predicted molar refractivity (Wildman–Crippen MR) is 123 cm³/mol. The van der Waals surface area contributed by atoms with Crippen LogP contribution in [0.2, 0.25) is 0 Å². The number of allylic oxidation sites excluding steroid dienone is 2. The van der Waals surface area contributed by atoms with E-state index in [0.29, 0.717) is 5.92 Å².